The van der Waals surface area contributed by atoms with Crippen molar-refractivity contribution in [3.8, 4) is 11.5 Å². The van der Waals surface area contributed by atoms with E-state index in [4.69, 9.17) is 4.42 Å². The Morgan fingerprint density at radius 3 is 2.85 bits per heavy atom. The Labute approximate surface area is 174 Å². The SMILES string of the molecule is CN=C(NCCc1coc(-c2ccc(F)cc2)n1)NCC1CCCS1.I. The zero-order valence-corrected chi connectivity index (χ0v) is 17.9. The van der Waals surface area contributed by atoms with Crippen LogP contribution in [0.15, 0.2) is 39.9 Å². The van der Waals surface area contributed by atoms with E-state index in [1.54, 1.807) is 25.4 Å². The summed E-state index contributed by atoms with van der Waals surface area (Å²) < 4.78 is 18.4. The number of benzene rings is 1. The molecule has 1 aliphatic rings. The molecule has 1 atom stereocenters. The van der Waals surface area contributed by atoms with E-state index in [9.17, 15) is 4.39 Å². The maximum absolute atomic E-state index is 13.0. The third-order valence-electron chi connectivity index (χ3n) is 4.06. The van der Waals surface area contributed by atoms with Gasteiger partial charge in [-0.05, 0) is 42.9 Å². The van der Waals surface area contributed by atoms with Crippen LogP contribution in [0, 0.1) is 5.82 Å². The Morgan fingerprint density at radius 1 is 1.35 bits per heavy atom. The van der Waals surface area contributed by atoms with Crippen LogP contribution < -0.4 is 10.6 Å². The highest BCUT2D eigenvalue weighted by atomic mass is 127. The molecule has 142 valence electrons. The minimum Gasteiger partial charge on any atom is -0.444 e. The molecule has 0 saturated carbocycles. The first-order valence-corrected chi connectivity index (χ1v) is 9.56. The zero-order valence-electron chi connectivity index (χ0n) is 14.7. The van der Waals surface area contributed by atoms with Gasteiger partial charge in [0.1, 0.15) is 12.1 Å². The lowest BCUT2D eigenvalue weighted by Crippen LogP contribution is -2.40. The molecule has 2 N–H and O–H groups in total. The highest BCUT2D eigenvalue weighted by molar-refractivity contribution is 14.0. The fourth-order valence-corrected chi connectivity index (χ4v) is 3.89. The first-order chi connectivity index (χ1) is 12.2. The highest BCUT2D eigenvalue weighted by Crippen LogP contribution is 2.25. The largest absolute Gasteiger partial charge is 0.444 e. The van der Waals surface area contributed by atoms with E-state index in [1.165, 1.54) is 30.7 Å². The van der Waals surface area contributed by atoms with Crippen molar-refractivity contribution in [1.29, 1.82) is 0 Å². The summed E-state index contributed by atoms with van der Waals surface area (Å²) in [5, 5.41) is 7.36. The average molecular weight is 490 g/mol. The van der Waals surface area contributed by atoms with Gasteiger partial charge in [-0.1, -0.05) is 0 Å². The van der Waals surface area contributed by atoms with Crippen LogP contribution >= 0.6 is 35.7 Å². The van der Waals surface area contributed by atoms with Crippen LogP contribution in [0.5, 0.6) is 0 Å². The van der Waals surface area contributed by atoms with E-state index in [2.05, 4.69) is 20.6 Å². The summed E-state index contributed by atoms with van der Waals surface area (Å²) in [6.07, 6.45) is 4.96. The number of nitrogens with one attached hydrogen (secondary N) is 2. The van der Waals surface area contributed by atoms with Gasteiger partial charge in [0.25, 0.3) is 0 Å². The molecule has 1 aromatic heterocycles. The van der Waals surface area contributed by atoms with Crippen molar-refractivity contribution < 1.29 is 8.81 Å². The number of thioether (sulfide) groups is 1. The van der Waals surface area contributed by atoms with Crippen LogP contribution in [0.2, 0.25) is 0 Å². The Morgan fingerprint density at radius 2 is 2.15 bits per heavy atom. The normalized spacial score (nSPS) is 17.0. The molecule has 3 rings (SSSR count). The molecule has 1 aliphatic heterocycles. The van der Waals surface area contributed by atoms with Crippen LogP contribution in [0.3, 0.4) is 0 Å². The third kappa shape index (κ3) is 6.15. The fraction of sp³-hybridized carbons (Fsp3) is 0.444. The molecular formula is C18H24FIN4OS. The fourth-order valence-electron chi connectivity index (χ4n) is 2.69. The van der Waals surface area contributed by atoms with Gasteiger partial charge in [-0.15, -0.1) is 24.0 Å². The van der Waals surface area contributed by atoms with Gasteiger partial charge >= 0.3 is 0 Å². The standard InChI is InChI=1S/C18H23FN4OS.HI/c1-20-18(22-11-16-3-2-10-25-16)21-9-8-15-12-24-17(23-15)13-4-6-14(19)7-5-13;/h4-7,12,16H,2-3,8-11H2,1H3,(H2,20,21,22);1H. The van der Waals surface area contributed by atoms with Gasteiger partial charge in [0.2, 0.25) is 5.89 Å². The monoisotopic (exact) mass is 490 g/mol. The van der Waals surface area contributed by atoms with Crippen LogP contribution in [0.4, 0.5) is 4.39 Å². The molecule has 8 heteroatoms. The topological polar surface area (TPSA) is 62.5 Å². The number of aliphatic imine (C=N–C) groups is 1. The van der Waals surface area contributed by atoms with Gasteiger partial charge in [-0.2, -0.15) is 11.8 Å². The molecule has 1 fully saturated rings. The maximum Gasteiger partial charge on any atom is 0.226 e. The Kier molecular flexibility index (Phi) is 8.70. The highest BCUT2D eigenvalue weighted by Gasteiger charge is 2.15. The van der Waals surface area contributed by atoms with Gasteiger partial charge in [0.05, 0.1) is 5.69 Å². The summed E-state index contributed by atoms with van der Waals surface area (Å²) >= 11 is 2.03. The summed E-state index contributed by atoms with van der Waals surface area (Å²) in [7, 11) is 1.78. The lowest BCUT2D eigenvalue weighted by atomic mass is 10.2. The Bertz CT molecular complexity index is 701. The second-order valence-electron chi connectivity index (χ2n) is 5.92. The third-order valence-corrected chi connectivity index (χ3v) is 5.46. The van der Waals surface area contributed by atoms with Crippen molar-refractivity contribution in [1.82, 2.24) is 15.6 Å². The molecule has 5 nitrogen and oxygen atoms in total. The number of halogens is 2. The molecule has 0 amide bonds. The molecule has 26 heavy (non-hydrogen) atoms. The van der Waals surface area contributed by atoms with E-state index in [0.717, 1.165) is 30.2 Å². The minimum absolute atomic E-state index is 0. The van der Waals surface area contributed by atoms with Gasteiger partial charge in [0.15, 0.2) is 5.96 Å². The summed E-state index contributed by atoms with van der Waals surface area (Å²) in [5.74, 6) is 2.32. The second kappa shape index (κ2) is 10.8. The molecule has 1 unspecified atom stereocenters. The smallest absolute Gasteiger partial charge is 0.226 e. The molecule has 0 bridgehead atoms. The first-order valence-electron chi connectivity index (χ1n) is 8.51. The molecular weight excluding hydrogens is 466 g/mol. The number of aromatic nitrogens is 1. The van der Waals surface area contributed by atoms with E-state index >= 15 is 0 Å². The lowest BCUT2D eigenvalue weighted by molar-refractivity contribution is 0.571. The predicted molar refractivity (Wildman–Crippen MR) is 116 cm³/mol. The van der Waals surface area contributed by atoms with E-state index in [1.807, 2.05) is 11.8 Å². The number of hydrogen-bond donors (Lipinski definition) is 2. The van der Waals surface area contributed by atoms with E-state index in [-0.39, 0.29) is 29.8 Å². The predicted octanol–water partition coefficient (Wildman–Crippen LogP) is 3.70. The van der Waals surface area contributed by atoms with Crippen molar-refractivity contribution in [3.05, 3.63) is 42.0 Å². The average Bonchev–Trinajstić information content (AvgIpc) is 3.30. The second-order valence-corrected chi connectivity index (χ2v) is 7.32. The number of rotatable bonds is 6. The lowest BCUT2D eigenvalue weighted by Gasteiger charge is -2.14. The number of hydrogen-bond acceptors (Lipinski definition) is 4. The molecule has 0 aliphatic carbocycles. The molecule has 1 saturated heterocycles. The van der Waals surface area contributed by atoms with Gasteiger partial charge in [-0.3, -0.25) is 4.99 Å². The molecule has 0 spiro atoms. The van der Waals surface area contributed by atoms with Crippen molar-refractivity contribution in [2.75, 3.05) is 25.9 Å². The van der Waals surface area contributed by atoms with E-state index in [0.29, 0.717) is 17.7 Å². The van der Waals surface area contributed by atoms with Gasteiger partial charge < -0.3 is 15.1 Å². The summed E-state index contributed by atoms with van der Waals surface area (Å²) in [6, 6.07) is 6.13. The van der Waals surface area contributed by atoms with Crippen LogP contribution in [0.25, 0.3) is 11.5 Å². The molecule has 0 radical (unpaired) electrons. The molecule has 2 aromatic rings. The quantitative estimate of drug-likeness (QED) is 0.368. The van der Waals surface area contributed by atoms with Crippen molar-refractivity contribution in [3.63, 3.8) is 0 Å². The molecule has 2 heterocycles. The van der Waals surface area contributed by atoms with Gasteiger partial charge in [0, 0.05) is 37.4 Å². The van der Waals surface area contributed by atoms with Crippen molar-refractivity contribution in [2.24, 2.45) is 4.99 Å². The first kappa shape index (κ1) is 21.0. The van der Waals surface area contributed by atoms with Crippen LogP contribution in [-0.2, 0) is 6.42 Å². The number of oxazole rings is 1. The summed E-state index contributed by atoms with van der Waals surface area (Å²) in [6.45, 7) is 1.66. The van der Waals surface area contributed by atoms with E-state index < -0.39 is 0 Å². The Hall–Kier alpha value is -1.29. The minimum atomic E-state index is -0.269. The molecule has 1 aromatic carbocycles. The summed E-state index contributed by atoms with van der Waals surface area (Å²) in [5.41, 5.74) is 1.63. The van der Waals surface area contributed by atoms with Crippen molar-refractivity contribution in [2.45, 2.75) is 24.5 Å². The number of guanidine groups is 1. The van der Waals surface area contributed by atoms with Crippen LogP contribution in [0.1, 0.15) is 18.5 Å². The van der Waals surface area contributed by atoms with Crippen LogP contribution in [-0.4, -0.2) is 42.1 Å². The van der Waals surface area contributed by atoms with Gasteiger partial charge in [-0.25, -0.2) is 9.37 Å². The zero-order chi connectivity index (χ0) is 17.5. The maximum atomic E-state index is 13.0. The summed E-state index contributed by atoms with van der Waals surface area (Å²) in [4.78, 5) is 8.70. The van der Waals surface area contributed by atoms with Crippen molar-refractivity contribution >= 4 is 41.7 Å². The number of nitrogens with zero attached hydrogens (tertiary/aromatic N) is 2. The Balaban J connectivity index is 0.00000243.